The van der Waals surface area contributed by atoms with Crippen LogP contribution in [0.4, 0.5) is 7.77 Å². The van der Waals surface area contributed by atoms with Crippen LogP contribution < -0.4 is 13.1 Å². The summed E-state index contributed by atoms with van der Waals surface area (Å²) in [7, 11) is -10.5. The minimum absolute atomic E-state index is 0.191. The fraction of sp³-hybridized carbons (Fsp3) is 0.0303. The van der Waals surface area contributed by atoms with E-state index in [0.29, 0.717) is 33.0 Å². The fourth-order valence-electron chi connectivity index (χ4n) is 6.77. The molecule has 0 amide bonds. The summed E-state index contributed by atoms with van der Waals surface area (Å²) < 4.78 is 87.0. The maximum Gasteiger partial charge on any atom is 0.488 e. The Labute approximate surface area is 250 Å². The van der Waals surface area contributed by atoms with Crippen LogP contribution in [0.5, 0.6) is 23.0 Å². The van der Waals surface area contributed by atoms with Crippen LogP contribution in [-0.4, -0.2) is 16.8 Å². The first kappa shape index (κ1) is 26.6. The smallest absolute Gasteiger partial charge is 0.455 e. The summed E-state index contributed by atoms with van der Waals surface area (Å²) in [6, 6.07) is 32.4. The van der Waals surface area contributed by atoms with Crippen molar-refractivity contribution in [1.82, 2.24) is 0 Å². The second-order valence-electron chi connectivity index (χ2n) is 10.5. The monoisotopic (exact) mass is 628 g/mol. The second-order valence-corrected chi connectivity index (χ2v) is 12.5. The molecule has 2 aliphatic rings. The van der Waals surface area contributed by atoms with Crippen LogP contribution in [0, 0.1) is 0 Å². The van der Waals surface area contributed by atoms with Crippen molar-refractivity contribution in [2.24, 2.45) is 0 Å². The Balaban J connectivity index is 1.47. The van der Waals surface area contributed by atoms with E-state index in [1.807, 2.05) is 48.5 Å². The van der Waals surface area contributed by atoms with Crippen molar-refractivity contribution >= 4 is 42.6 Å². The van der Waals surface area contributed by atoms with Gasteiger partial charge in [0.2, 0.25) is 0 Å². The van der Waals surface area contributed by atoms with E-state index in [1.165, 1.54) is 24.3 Å². The molecule has 1 heterocycles. The standard InChI is InChI=1S/C33H18F2O7S2/c34-43(36,37)41-21-11-13-23-19(17-21)9-15-29-31(23)40-32-24-14-12-22(42-44(35,38)39)18-20(24)10-16-30(32)33(29)27-7-3-1-5-25(27)26-6-2-4-8-28(26)33/h1-18H. The van der Waals surface area contributed by atoms with Gasteiger partial charge in [-0.2, -0.15) is 16.8 Å². The molecular formula is C33H18F2O7S2. The average molecular weight is 629 g/mol. The van der Waals surface area contributed by atoms with Crippen molar-refractivity contribution in [1.29, 1.82) is 0 Å². The molecule has 0 saturated heterocycles. The Morgan fingerprint density at radius 3 is 1.39 bits per heavy atom. The zero-order valence-corrected chi connectivity index (χ0v) is 24.0. The molecule has 0 radical (unpaired) electrons. The molecule has 7 nitrogen and oxygen atoms in total. The number of benzene rings is 6. The zero-order valence-electron chi connectivity index (χ0n) is 22.3. The lowest BCUT2D eigenvalue weighted by Gasteiger charge is -2.40. The van der Waals surface area contributed by atoms with Gasteiger partial charge in [-0.25, -0.2) is 0 Å². The molecule has 0 fully saturated rings. The number of hydrogen-bond acceptors (Lipinski definition) is 7. The van der Waals surface area contributed by atoms with Crippen molar-refractivity contribution in [3.05, 3.63) is 131 Å². The van der Waals surface area contributed by atoms with E-state index in [1.54, 1.807) is 12.1 Å². The van der Waals surface area contributed by atoms with Crippen LogP contribution in [0.15, 0.2) is 109 Å². The Hall–Kier alpha value is -5.00. The molecule has 0 atom stereocenters. The van der Waals surface area contributed by atoms with E-state index in [0.717, 1.165) is 33.4 Å². The Morgan fingerprint density at radius 1 is 0.523 bits per heavy atom. The first-order valence-corrected chi connectivity index (χ1v) is 15.9. The zero-order chi connectivity index (χ0) is 30.4. The summed E-state index contributed by atoms with van der Waals surface area (Å²) in [5, 5.41) is 2.34. The lowest BCUT2D eigenvalue weighted by Crippen LogP contribution is -2.32. The van der Waals surface area contributed by atoms with Crippen LogP contribution >= 0.6 is 0 Å². The van der Waals surface area contributed by atoms with Gasteiger partial charge in [-0.15, -0.1) is 0 Å². The molecule has 1 spiro atoms. The molecule has 0 aromatic heterocycles. The van der Waals surface area contributed by atoms with Crippen molar-refractivity contribution in [2.45, 2.75) is 5.41 Å². The highest BCUT2D eigenvalue weighted by atomic mass is 32.3. The van der Waals surface area contributed by atoms with E-state index in [4.69, 9.17) is 4.74 Å². The quantitative estimate of drug-likeness (QED) is 0.185. The van der Waals surface area contributed by atoms with Crippen LogP contribution in [0.1, 0.15) is 22.3 Å². The number of halogens is 2. The maximum atomic E-state index is 13.3. The van der Waals surface area contributed by atoms with Gasteiger partial charge in [-0.05, 0) is 69.4 Å². The van der Waals surface area contributed by atoms with Gasteiger partial charge in [0, 0.05) is 21.9 Å². The number of fused-ring (bicyclic) bond motifs is 13. The minimum Gasteiger partial charge on any atom is -0.455 e. The third-order valence-electron chi connectivity index (χ3n) is 8.24. The van der Waals surface area contributed by atoms with Crippen molar-refractivity contribution in [2.75, 3.05) is 0 Å². The van der Waals surface area contributed by atoms with Gasteiger partial charge < -0.3 is 13.1 Å². The van der Waals surface area contributed by atoms with Crippen LogP contribution in [-0.2, 0) is 26.4 Å². The molecule has 11 heteroatoms. The summed E-state index contributed by atoms with van der Waals surface area (Å²) in [6.45, 7) is 0. The summed E-state index contributed by atoms with van der Waals surface area (Å²) >= 11 is 0. The molecule has 0 N–H and O–H groups in total. The van der Waals surface area contributed by atoms with Gasteiger partial charge in [0.1, 0.15) is 23.0 Å². The minimum atomic E-state index is -5.23. The van der Waals surface area contributed by atoms with Gasteiger partial charge >= 0.3 is 21.0 Å². The lowest BCUT2D eigenvalue weighted by atomic mass is 9.65. The average Bonchev–Trinajstić information content (AvgIpc) is 3.26. The molecule has 0 unspecified atom stereocenters. The van der Waals surface area contributed by atoms with E-state index in [2.05, 4.69) is 32.6 Å². The van der Waals surface area contributed by atoms with Crippen molar-refractivity contribution in [3.8, 4) is 34.1 Å². The van der Waals surface area contributed by atoms with Gasteiger partial charge in [0.25, 0.3) is 0 Å². The highest BCUT2D eigenvalue weighted by Gasteiger charge is 2.51. The van der Waals surface area contributed by atoms with Crippen LogP contribution in [0.2, 0.25) is 0 Å². The molecule has 6 aromatic carbocycles. The second kappa shape index (κ2) is 9.01. The lowest BCUT2D eigenvalue weighted by molar-refractivity contribution is 0.438. The summed E-state index contributed by atoms with van der Waals surface area (Å²) in [5.74, 6) is 0.608. The largest absolute Gasteiger partial charge is 0.488 e. The van der Waals surface area contributed by atoms with Crippen molar-refractivity contribution in [3.63, 3.8) is 0 Å². The molecule has 0 saturated carbocycles. The maximum absolute atomic E-state index is 13.3. The van der Waals surface area contributed by atoms with Gasteiger partial charge in [-0.1, -0.05) is 80.6 Å². The third kappa shape index (κ3) is 3.89. The number of hydrogen-bond donors (Lipinski definition) is 0. The fourth-order valence-corrected chi connectivity index (χ4v) is 7.43. The highest BCUT2D eigenvalue weighted by molar-refractivity contribution is 7.82. The molecule has 8 rings (SSSR count). The molecule has 0 bridgehead atoms. The number of rotatable bonds is 4. The normalized spacial score (nSPS) is 14.4. The Morgan fingerprint density at radius 2 is 0.955 bits per heavy atom. The molecule has 1 aliphatic heterocycles. The first-order chi connectivity index (χ1) is 21.0. The number of ether oxygens (including phenoxy) is 1. The van der Waals surface area contributed by atoms with Gasteiger partial charge in [0.15, 0.2) is 0 Å². The third-order valence-corrected chi connectivity index (χ3v) is 9.02. The van der Waals surface area contributed by atoms with E-state index < -0.39 is 26.4 Å². The molecule has 6 aromatic rings. The van der Waals surface area contributed by atoms with Crippen LogP contribution in [0.25, 0.3) is 32.7 Å². The SMILES string of the molecule is O=S(=O)(F)Oc1ccc2c3c(ccc2c1)C1(c2ccccc2-c2ccccc21)c1ccc2cc(OS(=O)(=O)F)ccc2c1O3. The summed E-state index contributed by atoms with van der Waals surface area (Å²) in [6.07, 6.45) is 0. The Kier molecular flexibility index (Phi) is 5.45. The van der Waals surface area contributed by atoms with E-state index in [-0.39, 0.29) is 11.5 Å². The summed E-state index contributed by atoms with van der Waals surface area (Å²) in [4.78, 5) is 0. The topological polar surface area (TPSA) is 96.0 Å². The van der Waals surface area contributed by atoms with E-state index >= 15 is 0 Å². The van der Waals surface area contributed by atoms with Crippen molar-refractivity contribution < 1.29 is 37.7 Å². The predicted molar refractivity (Wildman–Crippen MR) is 160 cm³/mol. The first-order valence-electron chi connectivity index (χ1n) is 13.3. The van der Waals surface area contributed by atoms with E-state index in [9.17, 15) is 24.6 Å². The predicted octanol–water partition coefficient (Wildman–Crippen LogP) is 7.65. The highest BCUT2D eigenvalue weighted by Crippen LogP contribution is 2.63. The molecular weight excluding hydrogens is 610 g/mol. The van der Waals surface area contributed by atoms with Crippen LogP contribution in [0.3, 0.4) is 0 Å². The van der Waals surface area contributed by atoms with Gasteiger partial charge in [-0.3, -0.25) is 0 Å². The molecule has 1 aliphatic carbocycles. The molecule has 44 heavy (non-hydrogen) atoms. The van der Waals surface area contributed by atoms with Gasteiger partial charge in [0.05, 0.1) is 5.41 Å². The Bertz CT molecular complexity index is 2270. The summed E-state index contributed by atoms with van der Waals surface area (Å²) in [5.41, 5.74) is 4.99. The molecule has 218 valence electrons.